The van der Waals surface area contributed by atoms with Crippen molar-refractivity contribution in [3.05, 3.63) is 66.6 Å². The van der Waals surface area contributed by atoms with E-state index >= 15 is 0 Å². The van der Waals surface area contributed by atoms with E-state index in [-0.39, 0.29) is 24.1 Å². The number of fused-ring (bicyclic) bond motifs is 2. The van der Waals surface area contributed by atoms with Gasteiger partial charge in [-0.15, -0.1) is 5.10 Å². The number of aromatic nitrogens is 4. The fourth-order valence-electron chi connectivity index (χ4n) is 4.32. The molecule has 2 unspecified atom stereocenters. The first-order valence-electron chi connectivity index (χ1n) is 9.66. The predicted octanol–water partition coefficient (Wildman–Crippen LogP) is 2.88. The average molecular weight is 375 g/mol. The van der Waals surface area contributed by atoms with Crippen molar-refractivity contribution in [2.45, 2.75) is 43.9 Å². The minimum atomic E-state index is -0.0361. The second-order valence-corrected chi connectivity index (χ2v) is 7.33. The molecule has 7 heteroatoms. The number of benzene rings is 1. The van der Waals surface area contributed by atoms with Gasteiger partial charge in [-0.3, -0.25) is 4.79 Å². The Labute approximate surface area is 163 Å². The standard InChI is InChI=1S/C21H21N5O2/c27-21(19-14-23-26(24-19)15-6-2-1-3-7-15)25-16-9-10-17(25)13-18(12-16)28-20-8-4-5-11-22-20/h1-8,11,14,16-18H,9-10,12-13H2. The number of carbonyl (C=O) groups is 1. The van der Waals surface area contributed by atoms with Gasteiger partial charge in [0, 0.05) is 37.2 Å². The second kappa shape index (κ2) is 7.07. The summed E-state index contributed by atoms with van der Waals surface area (Å²) in [5.74, 6) is 0.614. The highest BCUT2D eigenvalue weighted by Crippen LogP contribution is 2.37. The van der Waals surface area contributed by atoms with Gasteiger partial charge in [-0.2, -0.15) is 9.90 Å². The van der Waals surface area contributed by atoms with Gasteiger partial charge in [0.25, 0.3) is 5.91 Å². The Morgan fingerprint density at radius 2 is 1.75 bits per heavy atom. The molecule has 7 nitrogen and oxygen atoms in total. The lowest BCUT2D eigenvalue weighted by Gasteiger charge is -2.38. The van der Waals surface area contributed by atoms with Gasteiger partial charge in [0.15, 0.2) is 5.69 Å². The summed E-state index contributed by atoms with van der Waals surface area (Å²) in [6.45, 7) is 0. The van der Waals surface area contributed by atoms with Crippen LogP contribution in [-0.4, -0.2) is 49.0 Å². The maximum absolute atomic E-state index is 13.1. The molecule has 2 bridgehead atoms. The van der Waals surface area contributed by atoms with Crippen molar-refractivity contribution in [2.75, 3.05) is 0 Å². The van der Waals surface area contributed by atoms with Gasteiger partial charge in [0.05, 0.1) is 11.9 Å². The molecular weight excluding hydrogens is 354 g/mol. The summed E-state index contributed by atoms with van der Waals surface area (Å²) in [7, 11) is 0. The molecule has 3 aromatic rings. The fraction of sp³-hybridized carbons (Fsp3) is 0.333. The third kappa shape index (κ3) is 3.13. The van der Waals surface area contributed by atoms with Crippen LogP contribution in [0.1, 0.15) is 36.2 Å². The largest absolute Gasteiger partial charge is 0.474 e. The molecule has 2 aliphatic heterocycles. The molecule has 2 fully saturated rings. The van der Waals surface area contributed by atoms with Gasteiger partial charge in [0.1, 0.15) is 6.10 Å². The minimum absolute atomic E-state index is 0.0361. The molecule has 2 aliphatic rings. The Kier molecular flexibility index (Phi) is 4.27. The molecule has 5 rings (SSSR count). The number of para-hydroxylation sites is 1. The molecule has 2 atom stereocenters. The maximum Gasteiger partial charge on any atom is 0.276 e. The molecule has 2 aromatic heterocycles. The van der Waals surface area contributed by atoms with E-state index in [4.69, 9.17) is 4.74 Å². The zero-order chi connectivity index (χ0) is 18.9. The molecule has 0 radical (unpaired) electrons. The van der Waals surface area contributed by atoms with Crippen LogP contribution in [-0.2, 0) is 0 Å². The van der Waals surface area contributed by atoms with Crippen LogP contribution in [0.2, 0.25) is 0 Å². The highest BCUT2D eigenvalue weighted by atomic mass is 16.5. The Bertz CT molecular complexity index is 945. The minimum Gasteiger partial charge on any atom is -0.474 e. The molecule has 2 saturated heterocycles. The lowest BCUT2D eigenvalue weighted by Crippen LogP contribution is -2.49. The second-order valence-electron chi connectivity index (χ2n) is 7.33. The highest BCUT2D eigenvalue weighted by Gasteiger charge is 2.45. The zero-order valence-corrected chi connectivity index (χ0v) is 15.4. The molecule has 0 N–H and O–H groups in total. The van der Waals surface area contributed by atoms with Crippen molar-refractivity contribution in [3.63, 3.8) is 0 Å². The van der Waals surface area contributed by atoms with Gasteiger partial charge in [-0.05, 0) is 31.0 Å². The molecule has 0 aliphatic carbocycles. The SMILES string of the molecule is O=C(c1cnn(-c2ccccc2)n1)N1C2CCC1CC(Oc1ccccn1)C2. The Hall–Kier alpha value is -3.22. The van der Waals surface area contributed by atoms with Crippen LogP contribution >= 0.6 is 0 Å². The van der Waals surface area contributed by atoms with Gasteiger partial charge in [0.2, 0.25) is 5.88 Å². The number of carbonyl (C=O) groups excluding carboxylic acids is 1. The van der Waals surface area contributed by atoms with Crippen molar-refractivity contribution in [2.24, 2.45) is 0 Å². The van der Waals surface area contributed by atoms with E-state index in [2.05, 4.69) is 15.2 Å². The average Bonchev–Trinajstić information content (AvgIpc) is 3.32. The van der Waals surface area contributed by atoms with Crippen molar-refractivity contribution in [1.29, 1.82) is 0 Å². The first-order chi connectivity index (χ1) is 13.8. The van der Waals surface area contributed by atoms with Crippen LogP contribution in [0.4, 0.5) is 0 Å². The molecule has 142 valence electrons. The van der Waals surface area contributed by atoms with E-state index in [9.17, 15) is 4.79 Å². The number of hydrogen-bond acceptors (Lipinski definition) is 5. The number of nitrogens with zero attached hydrogens (tertiary/aromatic N) is 5. The lowest BCUT2D eigenvalue weighted by molar-refractivity contribution is 0.0343. The first kappa shape index (κ1) is 16.9. The topological polar surface area (TPSA) is 73.1 Å². The van der Waals surface area contributed by atoms with E-state index < -0.39 is 0 Å². The molecule has 0 spiro atoms. The fourth-order valence-corrected chi connectivity index (χ4v) is 4.32. The first-order valence-corrected chi connectivity index (χ1v) is 9.66. The van der Waals surface area contributed by atoms with Crippen molar-refractivity contribution >= 4 is 5.91 Å². The van der Waals surface area contributed by atoms with Crippen LogP contribution < -0.4 is 4.74 Å². The van der Waals surface area contributed by atoms with E-state index in [1.807, 2.05) is 53.4 Å². The van der Waals surface area contributed by atoms with E-state index in [1.54, 1.807) is 12.4 Å². The number of amides is 1. The molecule has 4 heterocycles. The summed E-state index contributed by atoms with van der Waals surface area (Å²) < 4.78 is 6.05. The molecule has 1 aromatic carbocycles. The van der Waals surface area contributed by atoms with Crippen LogP contribution in [0.25, 0.3) is 5.69 Å². The third-order valence-corrected chi connectivity index (χ3v) is 5.55. The van der Waals surface area contributed by atoms with Crippen LogP contribution in [0, 0.1) is 0 Å². The van der Waals surface area contributed by atoms with Crippen molar-refractivity contribution < 1.29 is 9.53 Å². The summed E-state index contributed by atoms with van der Waals surface area (Å²) in [6.07, 6.45) is 7.05. The van der Waals surface area contributed by atoms with E-state index in [1.165, 1.54) is 4.80 Å². The molecule has 28 heavy (non-hydrogen) atoms. The Morgan fingerprint density at radius 1 is 1.00 bits per heavy atom. The number of pyridine rings is 1. The van der Waals surface area contributed by atoms with Gasteiger partial charge in [-0.25, -0.2) is 4.98 Å². The lowest BCUT2D eigenvalue weighted by atomic mass is 9.99. The maximum atomic E-state index is 13.1. The predicted molar refractivity (Wildman–Crippen MR) is 102 cm³/mol. The summed E-state index contributed by atoms with van der Waals surface area (Å²) in [6, 6.07) is 15.7. The van der Waals surface area contributed by atoms with Crippen LogP contribution in [0.3, 0.4) is 0 Å². The van der Waals surface area contributed by atoms with Crippen LogP contribution in [0.15, 0.2) is 60.9 Å². The molecular formula is C21H21N5O2. The Balaban J connectivity index is 1.30. The van der Waals surface area contributed by atoms with Gasteiger partial charge >= 0.3 is 0 Å². The van der Waals surface area contributed by atoms with E-state index in [0.29, 0.717) is 11.6 Å². The quantitative estimate of drug-likeness (QED) is 0.701. The third-order valence-electron chi connectivity index (χ3n) is 5.55. The number of rotatable bonds is 4. The summed E-state index contributed by atoms with van der Waals surface area (Å²) >= 11 is 0. The highest BCUT2D eigenvalue weighted by molar-refractivity contribution is 5.92. The molecule has 1 amide bonds. The van der Waals surface area contributed by atoms with Gasteiger partial charge < -0.3 is 9.64 Å². The number of piperidine rings is 1. The smallest absolute Gasteiger partial charge is 0.276 e. The zero-order valence-electron chi connectivity index (χ0n) is 15.4. The van der Waals surface area contributed by atoms with Crippen LogP contribution in [0.5, 0.6) is 5.88 Å². The monoisotopic (exact) mass is 375 g/mol. The van der Waals surface area contributed by atoms with Crippen molar-refractivity contribution in [3.8, 4) is 11.6 Å². The normalized spacial score (nSPS) is 23.6. The van der Waals surface area contributed by atoms with E-state index in [0.717, 1.165) is 31.4 Å². The summed E-state index contributed by atoms with van der Waals surface area (Å²) in [4.78, 5) is 20.9. The Morgan fingerprint density at radius 3 is 2.46 bits per heavy atom. The molecule has 0 saturated carbocycles. The number of ether oxygens (including phenoxy) is 1. The summed E-state index contributed by atoms with van der Waals surface area (Å²) in [5, 5.41) is 8.68. The van der Waals surface area contributed by atoms with Gasteiger partial charge in [-0.1, -0.05) is 24.3 Å². The number of hydrogen-bond donors (Lipinski definition) is 0. The van der Waals surface area contributed by atoms with Crippen molar-refractivity contribution in [1.82, 2.24) is 24.9 Å². The summed E-state index contributed by atoms with van der Waals surface area (Å²) in [5.41, 5.74) is 1.23.